The summed E-state index contributed by atoms with van der Waals surface area (Å²) in [6, 6.07) is 70.3. The smallest absolute Gasteiger partial charge is 0.104 e. The second-order valence-corrected chi connectivity index (χ2v) is 16.8. The van der Waals surface area contributed by atoms with Gasteiger partial charge in [-0.3, -0.25) is 5.32 Å². The summed E-state index contributed by atoms with van der Waals surface area (Å²) in [7, 11) is 0. The molecule has 2 aliphatic rings. The lowest BCUT2D eigenvalue weighted by atomic mass is 9.86. The Morgan fingerprint density at radius 2 is 1.21 bits per heavy atom. The highest BCUT2D eigenvalue weighted by Crippen LogP contribution is 2.40. The number of allylic oxidation sites excluding steroid dienone is 4. The van der Waals surface area contributed by atoms with E-state index in [0.717, 1.165) is 40.1 Å². The third-order valence-electron chi connectivity index (χ3n) is 13.0. The van der Waals surface area contributed by atoms with E-state index in [1.165, 1.54) is 65.8 Å². The van der Waals surface area contributed by atoms with Gasteiger partial charge in [-0.25, -0.2) is 4.98 Å². The SMILES string of the molecule is C1=CCC(c2cc(-c3ccccc3)nc3ccc4ccc(-c5cccc(C6=CC(c7ccccc7)NC(c7cccc(-n8c9ccccc9c9ccccc98)c7)N6)c5)cc4c23)C=C1. The molecule has 63 heavy (non-hydrogen) atoms. The third kappa shape index (κ3) is 6.73. The molecule has 3 heterocycles. The molecule has 2 aromatic heterocycles. The van der Waals surface area contributed by atoms with E-state index in [4.69, 9.17) is 4.98 Å². The first kappa shape index (κ1) is 37.0. The molecule has 3 unspecified atom stereocenters. The topological polar surface area (TPSA) is 41.9 Å². The van der Waals surface area contributed by atoms with Crippen LogP contribution in [-0.4, -0.2) is 9.55 Å². The maximum absolute atomic E-state index is 5.27. The first-order chi connectivity index (χ1) is 31.2. The summed E-state index contributed by atoms with van der Waals surface area (Å²) in [5.74, 6) is 0.270. The van der Waals surface area contributed by atoms with Crippen LogP contribution in [0.1, 0.15) is 46.8 Å². The Kier molecular flexibility index (Phi) is 9.16. The first-order valence-electron chi connectivity index (χ1n) is 22.0. The van der Waals surface area contributed by atoms with Crippen LogP contribution in [0.2, 0.25) is 0 Å². The van der Waals surface area contributed by atoms with Crippen molar-refractivity contribution in [3.05, 3.63) is 247 Å². The fourth-order valence-corrected chi connectivity index (χ4v) is 9.89. The van der Waals surface area contributed by atoms with Gasteiger partial charge in [0.1, 0.15) is 6.17 Å². The van der Waals surface area contributed by atoms with E-state index in [9.17, 15) is 0 Å². The van der Waals surface area contributed by atoms with Crippen LogP contribution < -0.4 is 10.6 Å². The third-order valence-corrected chi connectivity index (χ3v) is 13.0. The molecule has 12 rings (SSSR count). The average Bonchev–Trinajstić information content (AvgIpc) is 3.71. The molecule has 3 atom stereocenters. The molecule has 2 N–H and O–H groups in total. The minimum absolute atomic E-state index is 0.00425. The second kappa shape index (κ2) is 15.6. The van der Waals surface area contributed by atoms with Crippen LogP contribution in [0.15, 0.2) is 225 Å². The van der Waals surface area contributed by atoms with Crippen LogP contribution in [-0.2, 0) is 0 Å². The van der Waals surface area contributed by atoms with E-state index >= 15 is 0 Å². The van der Waals surface area contributed by atoms with Gasteiger partial charge < -0.3 is 9.88 Å². The maximum atomic E-state index is 5.27. The summed E-state index contributed by atoms with van der Waals surface area (Å²) >= 11 is 0. The molecule has 0 radical (unpaired) electrons. The Balaban J connectivity index is 0.942. The molecule has 1 aliphatic heterocycles. The molecule has 4 heteroatoms. The fourth-order valence-electron chi connectivity index (χ4n) is 9.89. The van der Waals surface area contributed by atoms with Crippen molar-refractivity contribution in [3.63, 3.8) is 0 Å². The number of rotatable bonds is 7. The van der Waals surface area contributed by atoms with Gasteiger partial charge in [0.15, 0.2) is 0 Å². The predicted octanol–water partition coefficient (Wildman–Crippen LogP) is 14.4. The molecular formula is C59H44N4. The van der Waals surface area contributed by atoms with Crippen LogP contribution in [0, 0.1) is 0 Å². The maximum Gasteiger partial charge on any atom is 0.104 e. The van der Waals surface area contributed by atoms with E-state index in [1.807, 2.05) is 0 Å². The van der Waals surface area contributed by atoms with Crippen molar-refractivity contribution < 1.29 is 0 Å². The summed E-state index contributed by atoms with van der Waals surface area (Å²) in [5, 5.41) is 14.1. The molecule has 4 nitrogen and oxygen atoms in total. The average molecular weight is 809 g/mol. The van der Waals surface area contributed by atoms with Crippen molar-refractivity contribution in [2.45, 2.75) is 24.5 Å². The number of pyridine rings is 1. The van der Waals surface area contributed by atoms with Crippen LogP contribution in [0.5, 0.6) is 0 Å². The van der Waals surface area contributed by atoms with E-state index in [0.29, 0.717) is 0 Å². The molecule has 0 fully saturated rings. The Morgan fingerprint density at radius 3 is 2.00 bits per heavy atom. The summed E-state index contributed by atoms with van der Waals surface area (Å²) < 4.78 is 2.39. The Bertz CT molecular complexity index is 3400. The van der Waals surface area contributed by atoms with Gasteiger partial charge in [0.25, 0.3) is 0 Å². The molecule has 8 aromatic carbocycles. The number of para-hydroxylation sites is 2. The zero-order chi connectivity index (χ0) is 41.7. The number of benzene rings is 8. The Hall–Kier alpha value is -7.79. The largest absolute Gasteiger partial charge is 0.366 e. The predicted molar refractivity (Wildman–Crippen MR) is 263 cm³/mol. The minimum Gasteiger partial charge on any atom is -0.366 e. The van der Waals surface area contributed by atoms with Crippen molar-refractivity contribution in [1.29, 1.82) is 0 Å². The lowest BCUT2D eigenvalue weighted by Crippen LogP contribution is -2.39. The molecule has 0 saturated heterocycles. The number of fused-ring (bicyclic) bond motifs is 6. The van der Waals surface area contributed by atoms with Crippen molar-refractivity contribution in [3.8, 4) is 28.1 Å². The molecule has 0 bridgehead atoms. The van der Waals surface area contributed by atoms with Gasteiger partial charge in [-0.15, -0.1) is 0 Å². The fraction of sp³-hybridized carbons (Fsp3) is 0.0678. The Morgan fingerprint density at radius 1 is 0.524 bits per heavy atom. The van der Waals surface area contributed by atoms with Crippen molar-refractivity contribution in [2.75, 3.05) is 0 Å². The molecule has 0 saturated carbocycles. The minimum atomic E-state index is -0.144. The van der Waals surface area contributed by atoms with Gasteiger partial charge in [0.05, 0.1) is 28.3 Å². The normalized spacial score (nSPS) is 17.3. The van der Waals surface area contributed by atoms with E-state index in [-0.39, 0.29) is 18.1 Å². The lowest BCUT2D eigenvalue weighted by molar-refractivity contribution is 0.442. The van der Waals surface area contributed by atoms with E-state index in [2.05, 4.69) is 240 Å². The summed E-state index contributed by atoms with van der Waals surface area (Å²) in [6.07, 6.45) is 12.1. The van der Waals surface area contributed by atoms with E-state index < -0.39 is 0 Å². The molecule has 0 amide bonds. The van der Waals surface area contributed by atoms with Crippen LogP contribution in [0.3, 0.4) is 0 Å². The summed E-state index contributed by atoms with van der Waals surface area (Å²) in [4.78, 5) is 5.27. The molecule has 300 valence electrons. The van der Waals surface area contributed by atoms with Gasteiger partial charge in [-0.05, 0) is 105 Å². The van der Waals surface area contributed by atoms with Gasteiger partial charge in [0, 0.05) is 39.0 Å². The first-order valence-corrected chi connectivity index (χ1v) is 22.0. The number of hydrogen-bond donors (Lipinski definition) is 2. The highest BCUT2D eigenvalue weighted by atomic mass is 15.2. The number of hydrogen-bond acceptors (Lipinski definition) is 3. The van der Waals surface area contributed by atoms with Gasteiger partial charge in [-0.1, -0.05) is 170 Å². The highest BCUT2D eigenvalue weighted by Gasteiger charge is 2.25. The monoisotopic (exact) mass is 808 g/mol. The number of aromatic nitrogens is 2. The molecule has 0 spiro atoms. The van der Waals surface area contributed by atoms with E-state index in [1.54, 1.807) is 0 Å². The zero-order valence-electron chi connectivity index (χ0n) is 34.7. The molecule has 1 aliphatic carbocycles. The quantitative estimate of drug-likeness (QED) is 0.158. The van der Waals surface area contributed by atoms with Crippen LogP contribution in [0.25, 0.3) is 77.2 Å². The molecular weight excluding hydrogens is 765 g/mol. The molecule has 10 aromatic rings. The second-order valence-electron chi connectivity index (χ2n) is 16.8. The van der Waals surface area contributed by atoms with Crippen LogP contribution >= 0.6 is 0 Å². The van der Waals surface area contributed by atoms with Gasteiger partial charge >= 0.3 is 0 Å². The van der Waals surface area contributed by atoms with Crippen molar-refractivity contribution >= 4 is 49.2 Å². The van der Waals surface area contributed by atoms with Crippen LogP contribution in [0.4, 0.5) is 0 Å². The standard InChI is InChI=1S/C59H44N4/c1-4-16-39(17-5-1)51-37-53(41-18-6-2-7-19-41)60-52-33-32-40-30-31-44(36-50(40)58(51)52)43-22-14-23-45(34-43)55-38-54(42-20-8-3-9-21-42)61-59(62-55)46-24-15-25-47(35-46)63-56-28-12-10-26-48(56)49-27-11-13-29-57(49)63/h1-16,18-39,54,59,61-62H,17H2. The lowest BCUT2D eigenvalue weighted by Gasteiger charge is -2.33. The van der Waals surface area contributed by atoms with Crippen molar-refractivity contribution in [1.82, 2.24) is 20.2 Å². The number of nitrogens with one attached hydrogen (secondary N) is 2. The van der Waals surface area contributed by atoms with Gasteiger partial charge in [0.2, 0.25) is 0 Å². The summed E-state index contributed by atoms with van der Waals surface area (Å²) in [5.41, 5.74) is 15.0. The zero-order valence-corrected chi connectivity index (χ0v) is 34.7. The summed E-state index contributed by atoms with van der Waals surface area (Å²) in [6.45, 7) is 0. The highest BCUT2D eigenvalue weighted by molar-refractivity contribution is 6.11. The number of nitrogens with zero attached hydrogens (tertiary/aromatic N) is 2. The Labute approximate surface area is 367 Å². The van der Waals surface area contributed by atoms with Crippen molar-refractivity contribution in [2.24, 2.45) is 0 Å². The van der Waals surface area contributed by atoms with Gasteiger partial charge in [-0.2, -0.15) is 0 Å².